The van der Waals surface area contributed by atoms with Gasteiger partial charge in [0.2, 0.25) is 5.43 Å². The average molecular weight is 720 g/mol. The summed E-state index contributed by atoms with van der Waals surface area (Å²) in [7, 11) is 0. The molecule has 0 fully saturated rings. The molecule has 8 aromatic carbocycles. The fraction of sp³-hybridized carbons (Fsp3) is 0.0755. The van der Waals surface area contributed by atoms with E-state index in [1.165, 1.54) is 50.2 Å². The summed E-state index contributed by atoms with van der Waals surface area (Å²) in [5.74, 6) is 0. The molecule has 1 aromatic heterocycles. The molecular weight excluding hydrogens is 683 g/mol. The molecule has 0 bridgehead atoms. The van der Waals surface area contributed by atoms with Gasteiger partial charge in [-0.1, -0.05) is 147 Å². The summed E-state index contributed by atoms with van der Waals surface area (Å²) in [6, 6.07) is 67.0. The van der Waals surface area contributed by atoms with E-state index in [9.17, 15) is 4.79 Å². The van der Waals surface area contributed by atoms with Gasteiger partial charge in [-0.05, 0) is 110 Å². The van der Waals surface area contributed by atoms with Gasteiger partial charge in [0.25, 0.3) is 0 Å². The van der Waals surface area contributed by atoms with E-state index in [1.807, 2.05) is 42.5 Å². The first-order chi connectivity index (χ1) is 27.4. The third-order valence-corrected chi connectivity index (χ3v) is 12.3. The summed E-state index contributed by atoms with van der Waals surface area (Å²) in [6.07, 6.45) is 0. The molecule has 11 rings (SSSR count). The van der Waals surface area contributed by atoms with Crippen molar-refractivity contribution in [3.05, 3.63) is 232 Å². The zero-order chi connectivity index (χ0) is 37.6. The second-order valence-electron chi connectivity index (χ2n) is 15.6. The third-order valence-electron chi connectivity index (χ3n) is 12.3. The smallest absolute Gasteiger partial charge is 0.200 e. The zero-order valence-electron chi connectivity index (χ0n) is 31.2. The van der Waals surface area contributed by atoms with Gasteiger partial charge in [-0.15, -0.1) is 0 Å². The van der Waals surface area contributed by atoms with E-state index in [1.54, 1.807) is 0 Å². The molecule has 0 saturated heterocycles. The Kier molecular flexibility index (Phi) is 6.96. The summed E-state index contributed by atoms with van der Waals surface area (Å²) in [5, 5.41) is 1.18. The zero-order valence-corrected chi connectivity index (χ0v) is 31.2. The molecule has 1 aliphatic carbocycles. The van der Waals surface area contributed by atoms with E-state index in [-0.39, 0.29) is 10.8 Å². The largest absolute Gasteiger partial charge is 0.456 e. The van der Waals surface area contributed by atoms with Crippen LogP contribution in [0.2, 0.25) is 0 Å². The van der Waals surface area contributed by atoms with Gasteiger partial charge < -0.3 is 9.32 Å². The molecule has 0 unspecified atom stereocenters. The Balaban J connectivity index is 1.15. The van der Waals surface area contributed by atoms with Crippen molar-refractivity contribution in [2.24, 2.45) is 0 Å². The number of hydrogen-bond donors (Lipinski definition) is 0. The van der Waals surface area contributed by atoms with Crippen LogP contribution in [0, 0.1) is 0 Å². The molecule has 9 aromatic rings. The normalized spacial score (nSPS) is 14.6. The summed E-state index contributed by atoms with van der Waals surface area (Å²) in [6.45, 7) is 4.71. The minimum atomic E-state index is -0.585. The van der Waals surface area contributed by atoms with Crippen molar-refractivity contribution >= 4 is 39.0 Å². The van der Waals surface area contributed by atoms with Crippen LogP contribution < -0.4 is 10.3 Å². The van der Waals surface area contributed by atoms with E-state index < -0.39 is 5.41 Å². The van der Waals surface area contributed by atoms with Gasteiger partial charge in [0.15, 0.2) is 0 Å². The average Bonchev–Trinajstić information content (AvgIpc) is 3.48. The van der Waals surface area contributed by atoms with Crippen LogP contribution in [0.1, 0.15) is 47.2 Å². The third kappa shape index (κ3) is 4.49. The first kappa shape index (κ1) is 32.5. The number of fused-ring (bicyclic) bond motifs is 7. The Morgan fingerprint density at radius 1 is 0.446 bits per heavy atom. The first-order valence-corrected chi connectivity index (χ1v) is 19.3. The van der Waals surface area contributed by atoms with Gasteiger partial charge in [-0.3, -0.25) is 4.79 Å². The van der Waals surface area contributed by atoms with E-state index in [0.29, 0.717) is 21.9 Å². The van der Waals surface area contributed by atoms with Crippen molar-refractivity contribution in [2.45, 2.75) is 24.7 Å². The highest BCUT2D eigenvalue weighted by molar-refractivity contribution is 5.95. The van der Waals surface area contributed by atoms with Crippen LogP contribution in [-0.4, -0.2) is 0 Å². The first-order valence-electron chi connectivity index (χ1n) is 19.3. The van der Waals surface area contributed by atoms with Crippen molar-refractivity contribution in [1.29, 1.82) is 0 Å². The maximum Gasteiger partial charge on any atom is 0.200 e. The van der Waals surface area contributed by atoms with Crippen LogP contribution in [0.3, 0.4) is 0 Å². The van der Waals surface area contributed by atoms with Crippen LogP contribution in [0.4, 0.5) is 17.1 Å². The highest BCUT2D eigenvalue weighted by Crippen LogP contribution is 2.61. The fourth-order valence-corrected chi connectivity index (χ4v) is 9.71. The molecule has 3 nitrogen and oxygen atoms in total. The van der Waals surface area contributed by atoms with Gasteiger partial charge in [0, 0.05) is 11.1 Å². The second-order valence-corrected chi connectivity index (χ2v) is 15.6. The fourth-order valence-electron chi connectivity index (χ4n) is 9.71. The monoisotopic (exact) mass is 719 g/mol. The molecule has 56 heavy (non-hydrogen) atoms. The molecule has 1 aliphatic heterocycles. The molecule has 0 spiro atoms. The lowest BCUT2D eigenvalue weighted by Crippen LogP contribution is -2.38. The topological polar surface area (TPSA) is 33.5 Å². The Bertz CT molecular complexity index is 3030. The lowest BCUT2D eigenvalue weighted by molar-refractivity contribution is 0.658. The highest BCUT2D eigenvalue weighted by atomic mass is 16.3. The van der Waals surface area contributed by atoms with Crippen LogP contribution in [0.25, 0.3) is 44.2 Å². The van der Waals surface area contributed by atoms with Crippen molar-refractivity contribution in [3.8, 4) is 22.3 Å². The Hall–Kier alpha value is -6.97. The summed E-state index contributed by atoms with van der Waals surface area (Å²) in [5.41, 5.74) is 16.0. The molecule has 0 saturated carbocycles. The summed E-state index contributed by atoms with van der Waals surface area (Å²) >= 11 is 0. The van der Waals surface area contributed by atoms with Gasteiger partial charge in [0.1, 0.15) is 11.2 Å². The quantitative estimate of drug-likeness (QED) is 0.170. The summed E-state index contributed by atoms with van der Waals surface area (Å²) < 4.78 is 6.12. The molecule has 266 valence electrons. The van der Waals surface area contributed by atoms with Gasteiger partial charge in [-0.25, -0.2) is 0 Å². The second kappa shape index (κ2) is 12.0. The molecule has 0 N–H and O–H groups in total. The molecule has 3 heteroatoms. The maximum absolute atomic E-state index is 13.6. The SMILES string of the molecule is CC1(C)c2ccccc2-c2cc3c(cc21)N(c1ccc(-c2ccc4oc5ccccc5c(=O)c4c2)cc1)c1ccccc1C3(c1ccccc1)c1ccccc1. The standard InChI is InChI=1S/C53H37NO2/c1-52(2)43-21-11-9-19-39(43)41-32-46-48(33-45(41)52)54(47-23-13-12-22-44(47)53(46,36-15-5-3-6-16-36)37-17-7-4-8-18-37)38-28-25-34(26-29-38)35-27-30-50-42(31-35)51(55)40-20-10-14-24-49(40)56-50/h3-33H,1-2H3. The van der Waals surface area contributed by atoms with E-state index in [0.717, 1.165) is 22.5 Å². The number of rotatable bonds is 4. The van der Waals surface area contributed by atoms with Crippen molar-refractivity contribution in [3.63, 3.8) is 0 Å². The van der Waals surface area contributed by atoms with Crippen LogP contribution >= 0.6 is 0 Å². The predicted octanol–water partition coefficient (Wildman–Crippen LogP) is 13.1. The molecule has 2 aliphatic rings. The van der Waals surface area contributed by atoms with E-state index in [4.69, 9.17) is 4.42 Å². The van der Waals surface area contributed by atoms with E-state index in [2.05, 4.69) is 164 Å². The van der Waals surface area contributed by atoms with Gasteiger partial charge in [-0.2, -0.15) is 0 Å². The molecular formula is C53H37NO2. The minimum Gasteiger partial charge on any atom is -0.456 e. The number of anilines is 3. The molecule has 0 radical (unpaired) electrons. The Morgan fingerprint density at radius 2 is 1.05 bits per heavy atom. The Morgan fingerprint density at radius 3 is 1.80 bits per heavy atom. The van der Waals surface area contributed by atoms with Crippen LogP contribution in [0.5, 0.6) is 0 Å². The van der Waals surface area contributed by atoms with Crippen molar-refractivity contribution in [2.75, 3.05) is 4.90 Å². The molecule has 0 amide bonds. The number of hydrogen-bond acceptors (Lipinski definition) is 3. The van der Waals surface area contributed by atoms with Crippen molar-refractivity contribution < 1.29 is 4.42 Å². The Labute approximate surface area is 325 Å². The minimum absolute atomic E-state index is 0.0141. The van der Waals surface area contributed by atoms with Gasteiger partial charge >= 0.3 is 0 Å². The van der Waals surface area contributed by atoms with E-state index >= 15 is 0 Å². The predicted molar refractivity (Wildman–Crippen MR) is 230 cm³/mol. The molecule has 2 heterocycles. The number of benzene rings is 8. The number of nitrogens with zero attached hydrogens (tertiary/aromatic N) is 1. The lowest BCUT2D eigenvalue weighted by Gasteiger charge is -2.47. The van der Waals surface area contributed by atoms with Crippen molar-refractivity contribution in [1.82, 2.24) is 0 Å². The lowest BCUT2D eigenvalue weighted by atomic mass is 9.62. The summed E-state index contributed by atoms with van der Waals surface area (Å²) in [4.78, 5) is 16.0. The highest BCUT2D eigenvalue weighted by Gasteiger charge is 2.48. The van der Waals surface area contributed by atoms with Crippen LogP contribution in [-0.2, 0) is 10.8 Å². The number of para-hydroxylation sites is 2. The molecule has 0 atom stereocenters. The maximum atomic E-state index is 13.6. The van der Waals surface area contributed by atoms with Gasteiger partial charge in [0.05, 0.1) is 27.6 Å². The van der Waals surface area contributed by atoms with Crippen LogP contribution in [0.15, 0.2) is 197 Å².